The van der Waals surface area contributed by atoms with E-state index in [1.807, 2.05) is 0 Å². The Morgan fingerprint density at radius 2 is 2.07 bits per heavy atom. The summed E-state index contributed by atoms with van der Waals surface area (Å²) in [4.78, 5) is 20.1. The van der Waals surface area contributed by atoms with Gasteiger partial charge in [-0.2, -0.15) is 0 Å². The number of carbonyl (C=O) groups is 1. The summed E-state index contributed by atoms with van der Waals surface area (Å²) in [7, 11) is 0. The van der Waals surface area contributed by atoms with Crippen LogP contribution in [0.25, 0.3) is 0 Å². The van der Waals surface area contributed by atoms with E-state index in [2.05, 4.69) is 0 Å². The number of anilines is 1. The summed E-state index contributed by atoms with van der Waals surface area (Å²) in [5.74, 6) is -1.28. The molecule has 0 aliphatic carbocycles. The molecule has 0 fully saturated rings. The van der Waals surface area contributed by atoms with Gasteiger partial charge in [0.2, 0.25) is 0 Å². The number of hydrogen-bond donors (Lipinski definition) is 2. The van der Waals surface area contributed by atoms with Crippen LogP contribution in [0.2, 0.25) is 0 Å². The van der Waals surface area contributed by atoms with Crippen molar-refractivity contribution in [2.45, 2.75) is 0 Å². The summed E-state index contributed by atoms with van der Waals surface area (Å²) in [6.45, 7) is 0. The largest absolute Gasteiger partial charge is 0.478 e. The van der Waals surface area contributed by atoms with E-state index in [0.717, 1.165) is 12.1 Å². The van der Waals surface area contributed by atoms with Gasteiger partial charge in [0.25, 0.3) is 5.69 Å². The number of non-ortho nitro benzene ring substituents is 1. The van der Waals surface area contributed by atoms with Crippen molar-refractivity contribution in [1.82, 2.24) is 0 Å². The van der Waals surface area contributed by atoms with Gasteiger partial charge in [-0.1, -0.05) is 0 Å². The minimum atomic E-state index is -1.28. The quantitative estimate of drug-likeness (QED) is 0.327. The van der Waals surface area contributed by atoms with E-state index in [1.165, 1.54) is 6.07 Å². The van der Waals surface area contributed by atoms with Crippen LogP contribution in [-0.4, -0.2) is 67.4 Å². The molecule has 0 saturated carbocycles. The summed E-state index contributed by atoms with van der Waals surface area (Å²) >= 11 is 0. The zero-order chi connectivity index (χ0) is 10.0. The van der Waals surface area contributed by atoms with E-state index < -0.39 is 10.9 Å². The maximum atomic E-state index is 10.5. The molecule has 1 radical (unpaired) electrons. The predicted octanol–water partition coefficient (Wildman–Crippen LogP) is 0.494. The molecule has 0 unspecified atom stereocenters. The van der Waals surface area contributed by atoms with Gasteiger partial charge in [0.05, 0.1) is 10.5 Å². The van der Waals surface area contributed by atoms with E-state index in [4.69, 9.17) is 10.8 Å². The average Bonchev–Trinajstić information content (AvgIpc) is 2.04. The maximum Gasteiger partial charge on any atom is 0.338 e. The smallest absolute Gasteiger partial charge is 0.338 e. The fourth-order valence-electron chi connectivity index (χ4n) is 0.843. The second-order valence-corrected chi connectivity index (χ2v) is 2.33. The second-order valence-electron chi connectivity index (χ2n) is 2.33. The summed E-state index contributed by atoms with van der Waals surface area (Å²) in [5.41, 5.74) is 4.76. The topological polar surface area (TPSA) is 106 Å². The molecule has 14 heavy (non-hydrogen) atoms. The van der Waals surface area contributed by atoms with Gasteiger partial charge in [-0.3, -0.25) is 10.1 Å². The number of hydrogen-bond acceptors (Lipinski definition) is 4. The van der Waals surface area contributed by atoms with Crippen LogP contribution in [-0.2, 0) is 0 Å². The molecule has 0 heterocycles. The molecule has 69 valence electrons. The van der Waals surface area contributed by atoms with Crippen LogP contribution < -0.4 is 5.73 Å². The molecular formula is C7H6KN2O4. The monoisotopic (exact) mass is 221 g/mol. The van der Waals surface area contributed by atoms with Crippen molar-refractivity contribution in [2.24, 2.45) is 0 Å². The van der Waals surface area contributed by atoms with Crippen LogP contribution in [0.3, 0.4) is 0 Å². The fourth-order valence-corrected chi connectivity index (χ4v) is 0.843. The molecule has 7 heteroatoms. The summed E-state index contributed by atoms with van der Waals surface area (Å²) in [5, 5.41) is 18.8. The molecule has 6 nitrogen and oxygen atoms in total. The van der Waals surface area contributed by atoms with Crippen molar-refractivity contribution >= 4 is 68.7 Å². The number of nitrogens with two attached hydrogens (primary N) is 1. The molecule has 0 aromatic heterocycles. The van der Waals surface area contributed by atoms with Gasteiger partial charge in [-0.05, 0) is 6.07 Å². The molecule has 0 atom stereocenters. The Hall–Kier alpha value is -0.474. The molecule has 0 spiro atoms. The Morgan fingerprint density at radius 3 is 2.50 bits per heavy atom. The van der Waals surface area contributed by atoms with Crippen molar-refractivity contribution in [1.29, 1.82) is 0 Å². The normalized spacial score (nSPS) is 8.86. The third-order valence-corrected chi connectivity index (χ3v) is 1.48. The van der Waals surface area contributed by atoms with Crippen molar-refractivity contribution in [3.05, 3.63) is 33.9 Å². The van der Waals surface area contributed by atoms with E-state index in [9.17, 15) is 14.9 Å². The van der Waals surface area contributed by atoms with Crippen molar-refractivity contribution in [3.63, 3.8) is 0 Å². The Morgan fingerprint density at radius 1 is 1.50 bits per heavy atom. The zero-order valence-corrected chi connectivity index (χ0v) is 10.6. The molecule has 0 saturated heterocycles. The standard InChI is InChI=1S/C7H6N2O4.K/c8-6-2-1-4(9(12)13)3-5(6)7(10)11;/h1-3H,8H2,(H,10,11);. The summed E-state index contributed by atoms with van der Waals surface area (Å²) in [6, 6.07) is 3.28. The first kappa shape index (κ1) is 13.5. The number of aromatic carboxylic acids is 1. The molecule has 3 N–H and O–H groups in total. The van der Waals surface area contributed by atoms with Crippen molar-refractivity contribution in [2.75, 3.05) is 5.73 Å². The molecular weight excluding hydrogens is 215 g/mol. The van der Waals surface area contributed by atoms with E-state index in [0.29, 0.717) is 0 Å². The SMILES string of the molecule is Nc1ccc([N+](=O)[O-])cc1C(=O)O.[K]. The Balaban J connectivity index is 0.00000169. The first-order chi connectivity index (χ1) is 6.02. The molecule has 1 rings (SSSR count). The van der Waals surface area contributed by atoms with E-state index in [1.54, 1.807) is 0 Å². The van der Waals surface area contributed by atoms with E-state index in [-0.39, 0.29) is 68.3 Å². The number of carboxylic acid groups (broad SMARTS) is 1. The van der Waals surface area contributed by atoms with Crippen molar-refractivity contribution in [3.8, 4) is 0 Å². The van der Waals surface area contributed by atoms with Crippen LogP contribution in [0.5, 0.6) is 0 Å². The zero-order valence-electron chi connectivity index (χ0n) is 7.43. The number of carboxylic acids is 1. The summed E-state index contributed by atoms with van der Waals surface area (Å²) < 4.78 is 0. The first-order valence-electron chi connectivity index (χ1n) is 3.29. The molecule has 1 aromatic carbocycles. The van der Waals surface area contributed by atoms with Gasteiger partial charge >= 0.3 is 5.97 Å². The van der Waals surface area contributed by atoms with Gasteiger partial charge in [0.15, 0.2) is 0 Å². The molecule has 0 aliphatic heterocycles. The fraction of sp³-hybridized carbons (Fsp3) is 0. The van der Waals surface area contributed by atoms with Gasteiger partial charge in [-0.25, -0.2) is 4.79 Å². The summed E-state index contributed by atoms with van der Waals surface area (Å²) in [6.07, 6.45) is 0. The Kier molecular flexibility index (Phi) is 5.23. The van der Waals surface area contributed by atoms with Gasteiger partial charge in [0.1, 0.15) is 0 Å². The number of nitrogens with zero attached hydrogens (tertiary/aromatic N) is 1. The molecule has 1 aromatic rings. The minimum Gasteiger partial charge on any atom is -0.478 e. The number of benzene rings is 1. The Labute approximate surface area is 122 Å². The number of nitrogen functional groups attached to an aromatic ring is 1. The van der Waals surface area contributed by atoms with Crippen LogP contribution in [0.15, 0.2) is 18.2 Å². The minimum absolute atomic E-state index is 0. The Bertz CT molecular complexity index is 380. The van der Waals surface area contributed by atoms with Crippen molar-refractivity contribution < 1.29 is 14.8 Å². The molecule has 0 amide bonds. The number of rotatable bonds is 2. The van der Waals surface area contributed by atoms with Gasteiger partial charge < -0.3 is 10.8 Å². The number of nitro groups is 1. The predicted molar refractivity (Wildman–Crippen MR) is 50.2 cm³/mol. The van der Waals surface area contributed by atoms with Gasteiger partial charge in [-0.15, -0.1) is 0 Å². The van der Waals surface area contributed by atoms with Crippen LogP contribution >= 0.6 is 0 Å². The third kappa shape index (κ3) is 3.03. The van der Waals surface area contributed by atoms with E-state index >= 15 is 0 Å². The van der Waals surface area contributed by atoms with Crippen LogP contribution in [0.4, 0.5) is 11.4 Å². The maximum absolute atomic E-state index is 10.5. The second kappa shape index (κ2) is 5.42. The average molecular weight is 221 g/mol. The van der Waals surface area contributed by atoms with Gasteiger partial charge in [0, 0.05) is 69.2 Å². The van der Waals surface area contributed by atoms with Crippen LogP contribution in [0, 0.1) is 10.1 Å². The van der Waals surface area contributed by atoms with Crippen LogP contribution in [0.1, 0.15) is 10.4 Å². The number of nitro benzene ring substituents is 1. The third-order valence-electron chi connectivity index (χ3n) is 1.48. The molecule has 0 bridgehead atoms. The molecule has 0 aliphatic rings. The first-order valence-corrected chi connectivity index (χ1v) is 3.29.